The van der Waals surface area contributed by atoms with Crippen molar-refractivity contribution in [2.24, 2.45) is 11.8 Å². The van der Waals surface area contributed by atoms with Crippen molar-refractivity contribution < 1.29 is 4.74 Å². The summed E-state index contributed by atoms with van der Waals surface area (Å²) >= 11 is 0.340. The maximum atomic E-state index is 6.57. The number of benzene rings is 1. The molecule has 0 bridgehead atoms. The minimum absolute atomic E-state index is 0.130. The van der Waals surface area contributed by atoms with Crippen LogP contribution in [0.5, 0.6) is 0 Å². The summed E-state index contributed by atoms with van der Waals surface area (Å²) in [6, 6.07) is 10.8. The van der Waals surface area contributed by atoms with E-state index in [9.17, 15) is 0 Å². The van der Waals surface area contributed by atoms with Crippen LogP contribution in [-0.4, -0.2) is 26.2 Å². The van der Waals surface area contributed by atoms with Gasteiger partial charge in [0, 0.05) is 0 Å². The molecule has 1 aliphatic heterocycles. The van der Waals surface area contributed by atoms with E-state index in [1.54, 1.807) is 0 Å². The summed E-state index contributed by atoms with van der Waals surface area (Å²) in [4.78, 5) is 0. The third kappa shape index (κ3) is 2.88. The Morgan fingerprint density at radius 1 is 0.950 bits per heavy atom. The zero-order chi connectivity index (χ0) is 15.0. The van der Waals surface area contributed by atoms with Crippen LogP contribution in [-0.2, 0) is 4.74 Å². The SMILES string of the molecule is CC(C)C1(C)C=C([Se]c2ccccc2)C(C)(C(C)C)O1. The summed E-state index contributed by atoms with van der Waals surface area (Å²) in [5, 5.41) is 0. The molecule has 2 unspecified atom stereocenters. The van der Waals surface area contributed by atoms with E-state index in [-0.39, 0.29) is 11.2 Å². The zero-order valence-electron chi connectivity index (χ0n) is 13.4. The summed E-state index contributed by atoms with van der Waals surface area (Å²) in [6.45, 7) is 13.5. The molecule has 0 amide bonds. The minimum atomic E-state index is -0.134. The monoisotopic (exact) mass is 338 g/mol. The van der Waals surface area contributed by atoms with Crippen molar-refractivity contribution in [2.75, 3.05) is 0 Å². The number of hydrogen-bond donors (Lipinski definition) is 0. The van der Waals surface area contributed by atoms with E-state index >= 15 is 0 Å². The molecule has 0 saturated carbocycles. The van der Waals surface area contributed by atoms with Crippen molar-refractivity contribution in [1.82, 2.24) is 0 Å². The first-order valence-electron chi connectivity index (χ1n) is 7.44. The normalized spacial score (nSPS) is 30.1. The van der Waals surface area contributed by atoms with Gasteiger partial charge in [0.2, 0.25) is 0 Å². The first-order valence-corrected chi connectivity index (χ1v) is 9.15. The van der Waals surface area contributed by atoms with Gasteiger partial charge in [0.05, 0.1) is 0 Å². The van der Waals surface area contributed by atoms with E-state index in [1.165, 1.54) is 8.93 Å². The van der Waals surface area contributed by atoms with E-state index in [4.69, 9.17) is 4.74 Å². The van der Waals surface area contributed by atoms with Crippen molar-refractivity contribution in [3.63, 3.8) is 0 Å². The molecule has 110 valence electrons. The molecule has 20 heavy (non-hydrogen) atoms. The fraction of sp³-hybridized carbons (Fsp3) is 0.556. The Bertz CT molecular complexity index is 491. The van der Waals surface area contributed by atoms with E-state index in [2.05, 4.69) is 78.0 Å². The molecule has 0 saturated heterocycles. The van der Waals surface area contributed by atoms with E-state index in [1.807, 2.05) is 0 Å². The molecule has 0 aliphatic carbocycles. The molecule has 1 aliphatic rings. The first-order chi connectivity index (χ1) is 9.28. The second-order valence-corrected chi connectivity index (χ2v) is 8.97. The Labute approximate surface area is 130 Å². The second-order valence-electron chi connectivity index (χ2n) is 6.63. The van der Waals surface area contributed by atoms with Crippen LogP contribution in [0.2, 0.25) is 0 Å². The van der Waals surface area contributed by atoms with Crippen LogP contribution in [0.1, 0.15) is 41.5 Å². The summed E-state index contributed by atoms with van der Waals surface area (Å²) in [5.41, 5.74) is -0.264. The van der Waals surface area contributed by atoms with Gasteiger partial charge in [0.15, 0.2) is 0 Å². The Balaban J connectivity index is 2.35. The molecule has 1 aromatic rings. The quantitative estimate of drug-likeness (QED) is 0.760. The average molecular weight is 337 g/mol. The molecule has 0 N–H and O–H groups in total. The average Bonchev–Trinajstić information content (AvgIpc) is 2.65. The third-order valence-electron chi connectivity index (χ3n) is 4.56. The molecule has 0 aromatic heterocycles. The van der Waals surface area contributed by atoms with Gasteiger partial charge in [0.25, 0.3) is 0 Å². The van der Waals surface area contributed by atoms with Crippen molar-refractivity contribution >= 4 is 19.4 Å². The molecular formula is C18H26OSe. The van der Waals surface area contributed by atoms with Crippen molar-refractivity contribution in [2.45, 2.75) is 52.7 Å². The summed E-state index contributed by atoms with van der Waals surface area (Å²) in [7, 11) is 0. The summed E-state index contributed by atoms with van der Waals surface area (Å²) < 4.78 is 9.48. The molecule has 1 heterocycles. The Morgan fingerprint density at radius 2 is 1.55 bits per heavy atom. The van der Waals surface area contributed by atoms with Gasteiger partial charge in [-0.25, -0.2) is 0 Å². The zero-order valence-corrected chi connectivity index (χ0v) is 15.1. The van der Waals surface area contributed by atoms with E-state index in [0.717, 1.165) is 0 Å². The van der Waals surface area contributed by atoms with Gasteiger partial charge in [-0.3, -0.25) is 0 Å². The number of hydrogen-bond acceptors (Lipinski definition) is 1. The van der Waals surface area contributed by atoms with E-state index in [0.29, 0.717) is 26.8 Å². The van der Waals surface area contributed by atoms with Gasteiger partial charge in [-0.15, -0.1) is 0 Å². The molecule has 0 radical (unpaired) electrons. The maximum absolute atomic E-state index is 6.57. The van der Waals surface area contributed by atoms with Crippen molar-refractivity contribution in [1.29, 1.82) is 0 Å². The fourth-order valence-corrected chi connectivity index (χ4v) is 5.14. The van der Waals surface area contributed by atoms with E-state index < -0.39 is 0 Å². The Kier molecular flexibility index (Phi) is 4.49. The van der Waals surface area contributed by atoms with Crippen molar-refractivity contribution in [3.05, 3.63) is 40.9 Å². The number of rotatable bonds is 4. The molecule has 2 rings (SSSR count). The molecule has 0 spiro atoms. The Morgan fingerprint density at radius 3 is 2.05 bits per heavy atom. The van der Waals surface area contributed by atoms with Crippen LogP contribution in [0.3, 0.4) is 0 Å². The van der Waals surface area contributed by atoms with Gasteiger partial charge in [0.1, 0.15) is 0 Å². The fourth-order valence-electron chi connectivity index (χ4n) is 2.37. The molecule has 1 nitrogen and oxygen atoms in total. The van der Waals surface area contributed by atoms with Crippen LogP contribution in [0.25, 0.3) is 0 Å². The second kappa shape index (κ2) is 5.67. The standard InChI is InChI=1S/C18H26OSe/c1-13(2)17(5)12-16(18(6,19-17)14(3)4)20-15-10-8-7-9-11-15/h7-14H,1-6H3. The van der Waals surface area contributed by atoms with Crippen LogP contribution in [0.15, 0.2) is 40.9 Å². The van der Waals surface area contributed by atoms with Gasteiger partial charge in [-0.05, 0) is 0 Å². The predicted octanol–water partition coefficient (Wildman–Crippen LogP) is 3.76. The molecular weight excluding hydrogens is 311 g/mol. The topological polar surface area (TPSA) is 9.23 Å². The third-order valence-corrected chi connectivity index (χ3v) is 7.18. The summed E-state index contributed by atoms with van der Waals surface area (Å²) in [5.74, 6) is 0.976. The summed E-state index contributed by atoms with van der Waals surface area (Å²) in [6.07, 6.45) is 2.41. The molecule has 2 atom stereocenters. The first kappa shape index (κ1) is 15.8. The molecule has 1 aromatic carbocycles. The molecule has 0 fully saturated rings. The number of ether oxygens (including phenoxy) is 1. The Hall–Kier alpha value is -0.561. The predicted molar refractivity (Wildman–Crippen MR) is 87.5 cm³/mol. The van der Waals surface area contributed by atoms with Crippen LogP contribution >= 0.6 is 0 Å². The van der Waals surface area contributed by atoms with Gasteiger partial charge >= 0.3 is 130 Å². The van der Waals surface area contributed by atoms with Crippen molar-refractivity contribution in [3.8, 4) is 0 Å². The molecule has 2 heteroatoms. The van der Waals surface area contributed by atoms with Crippen LogP contribution < -0.4 is 4.46 Å². The van der Waals surface area contributed by atoms with Gasteiger partial charge in [-0.1, -0.05) is 0 Å². The van der Waals surface area contributed by atoms with Gasteiger partial charge in [-0.2, -0.15) is 0 Å². The van der Waals surface area contributed by atoms with Crippen LogP contribution in [0, 0.1) is 11.8 Å². The van der Waals surface area contributed by atoms with Gasteiger partial charge < -0.3 is 0 Å². The van der Waals surface area contributed by atoms with Crippen LogP contribution in [0.4, 0.5) is 0 Å².